The number of benzene rings is 2. The number of hydrogen-bond acceptors (Lipinski definition) is 4. The van der Waals surface area contributed by atoms with Crippen LogP contribution >= 0.6 is 11.3 Å². The Morgan fingerprint density at radius 3 is 2.48 bits per heavy atom. The Morgan fingerprint density at radius 2 is 1.78 bits per heavy atom. The van der Waals surface area contributed by atoms with Crippen molar-refractivity contribution in [2.75, 3.05) is 0 Å². The number of aromatic nitrogens is 1. The zero-order chi connectivity index (χ0) is 16.2. The molecule has 4 heteroatoms. The van der Waals surface area contributed by atoms with E-state index in [1.54, 1.807) is 6.92 Å². The lowest BCUT2D eigenvalue weighted by atomic mass is 10.1. The first-order valence-corrected chi connectivity index (χ1v) is 8.21. The quantitative estimate of drug-likeness (QED) is 0.627. The average Bonchev–Trinajstić information content (AvgIpc) is 2.95. The van der Waals surface area contributed by atoms with Gasteiger partial charge < -0.3 is 4.74 Å². The van der Waals surface area contributed by atoms with E-state index in [0.29, 0.717) is 11.5 Å². The highest BCUT2D eigenvalue weighted by Crippen LogP contribution is 2.30. The molecule has 2 aromatic carbocycles. The molecule has 0 saturated carbocycles. The molecule has 0 atom stereocenters. The number of para-hydroxylation sites is 1. The van der Waals surface area contributed by atoms with Crippen LogP contribution in [0.4, 0.5) is 0 Å². The highest BCUT2D eigenvalue weighted by Gasteiger charge is 2.12. The lowest BCUT2D eigenvalue weighted by molar-refractivity contribution is 0.102. The summed E-state index contributed by atoms with van der Waals surface area (Å²) in [4.78, 5) is 16.7. The van der Waals surface area contributed by atoms with Gasteiger partial charge in [-0.2, -0.15) is 0 Å². The predicted molar refractivity (Wildman–Crippen MR) is 93.1 cm³/mol. The third-order valence-corrected chi connectivity index (χ3v) is 4.72. The summed E-state index contributed by atoms with van der Waals surface area (Å²) >= 11 is 1.40. The maximum Gasteiger partial charge on any atom is 0.171 e. The number of carbonyl (C=O) groups excluding carboxylic acids is 1. The summed E-state index contributed by atoms with van der Waals surface area (Å²) in [6.45, 7) is 3.78. The average molecular weight is 323 g/mol. The molecular formula is C19H17NO2S. The number of Topliss-reactive ketones (excluding diaryl/α,β-unsaturated/α-hetero) is 1. The van der Waals surface area contributed by atoms with Gasteiger partial charge >= 0.3 is 0 Å². The molecule has 0 aliphatic carbocycles. The first kappa shape index (κ1) is 15.4. The van der Waals surface area contributed by atoms with Gasteiger partial charge in [0.25, 0.3) is 0 Å². The third-order valence-electron chi connectivity index (χ3n) is 3.48. The topological polar surface area (TPSA) is 39.2 Å². The van der Waals surface area contributed by atoms with Gasteiger partial charge in [0, 0.05) is 12.5 Å². The minimum absolute atomic E-state index is 0.0518. The van der Waals surface area contributed by atoms with Crippen LogP contribution in [0.2, 0.25) is 0 Å². The molecule has 0 radical (unpaired) electrons. The number of carbonyl (C=O) groups is 1. The lowest BCUT2D eigenvalue weighted by Gasteiger charge is -2.10. The van der Waals surface area contributed by atoms with E-state index in [1.807, 2.05) is 49.4 Å². The van der Waals surface area contributed by atoms with Crippen molar-refractivity contribution in [1.29, 1.82) is 0 Å². The third kappa shape index (κ3) is 3.48. The first-order chi connectivity index (χ1) is 11.1. The van der Waals surface area contributed by atoms with Crippen LogP contribution in [0.5, 0.6) is 5.75 Å². The van der Waals surface area contributed by atoms with E-state index in [1.165, 1.54) is 11.3 Å². The van der Waals surface area contributed by atoms with Crippen LogP contribution < -0.4 is 4.74 Å². The van der Waals surface area contributed by atoms with E-state index >= 15 is 0 Å². The van der Waals surface area contributed by atoms with Crippen LogP contribution in [0.1, 0.15) is 27.3 Å². The number of thiazole rings is 1. The predicted octanol–water partition coefficient (Wildman–Crippen LogP) is 4.90. The molecule has 0 fully saturated rings. The Hall–Kier alpha value is -2.46. The van der Waals surface area contributed by atoms with Crippen LogP contribution in [0.15, 0.2) is 54.6 Å². The summed E-state index contributed by atoms with van der Waals surface area (Å²) in [5, 5.41) is 0.815. The first-order valence-electron chi connectivity index (χ1n) is 7.39. The second-order valence-corrected chi connectivity index (χ2v) is 6.31. The normalized spacial score (nSPS) is 10.5. The Bertz CT molecular complexity index is 824. The highest BCUT2D eigenvalue weighted by molar-refractivity contribution is 7.13. The number of hydrogen-bond donors (Lipinski definition) is 0. The SMILES string of the molecule is CC(=O)c1sc(COc2ccccc2-c2ccccc2)nc1C. The molecule has 116 valence electrons. The van der Waals surface area contributed by atoms with Gasteiger partial charge in [-0.1, -0.05) is 48.5 Å². The van der Waals surface area contributed by atoms with Gasteiger partial charge in [-0.15, -0.1) is 11.3 Å². The smallest absolute Gasteiger partial charge is 0.171 e. The summed E-state index contributed by atoms with van der Waals surface area (Å²) in [5.41, 5.74) is 2.94. The van der Waals surface area contributed by atoms with Crippen LogP contribution in [0.3, 0.4) is 0 Å². The highest BCUT2D eigenvalue weighted by atomic mass is 32.1. The van der Waals surface area contributed by atoms with Crippen LogP contribution in [0, 0.1) is 6.92 Å². The molecule has 3 nitrogen and oxygen atoms in total. The molecule has 0 N–H and O–H groups in total. The molecule has 3 aromatic rings. The lowest BCUT2D eigenvalue weighted by Crippen LogP contribution is -1.96. The van der Waals surface area contributed by atoms with Gasteiger partial charge in [-0.3, -0.25) is 4.79 Å². The maximum absolute atomic E-state index is 11.5. The maximum atomic E-state index is 11.5. The van der Waals surface area contributed by atoms with Gasteiger partial charge in [0.2, 0.25) is 0 Å². The van der Waals surface area contributed by atoms with Crippen molar-refractivity contribution in [3.05, 3.63) is 70.2 Å². The van der Waals surface area contributed by atoms with Crippen molar-refractivity contribution in [1.82, 2.24) is 4.98 Å². The van der Waals surface area contributed by atoms with E-state index in [2.05, 4.69) is 17.1 Å². The van der Waals surface area contributed by atoms with Crippen molar-refractivity contribution in [2.45, 2.75) is 20.5 Å². The summed E-state index contributed by atoms with van der Waals surface area (Å²) in [7, 11) is 0. The minimum Gasteiger partial charge on any atom is -0.486 e. The summed E-state index contributed by atoms with van der Waals surface area (Å²) in [6.07, 6.45) is 0. The fourth-order valence-corrected chi connectivity index (χ4v) is 3.30. The van der Waals surface area contributed by atoms with E-state index < -0.39 is 0 Å². The zero-order valence-corrected chi connectivity index (χ0v) is 13.9. The Balaban J connectivity index is 1.82. The van der Waals surface area contributed by atoms with Crippen LogP contribution in [0.25, 0.3) is 11.1 Å². The molecule has 0 aliphatic heterocycles. The monoisotopic (exact) mass is 323 g/mol. The number of ether oxygens (including phenoxy) is 1. The molecule has 3 rings (SSSR count). The van der Waals surface area contributed by atoms with Crippen molar-refractivity contribution in [2.24, 2.45) is 0 Å². The van der Waals surface area contributed by atoms with Gasteiger partial charge in [0.05, 0.1) is 10.6 Å². The number of rotatable bonds is 5. The second-order valence-electron chi connectivity index (χ2n) is 5.23. The Kier molecular flexibility index (Phi) is 4.53. The van der Waals surface area contributed by atoms with Crippen LogP contribution in [-0.4, -0.2) is 10.8 Å². The van der Waals surface area contributed by atoms with Gasteiger partial charge in [0.15, 0.2) is 5.78 Å². The Morgan fingerprint density at radius 1 is 1.09 bits per heavy atom. The minimum atomic E-state index is 0.0518. The van der Waals surface area contributed by atoms with Crippen LogP contribution in [-0.2, 0) is 6.61 Å². The van der Waals surface area contributed by atoms with E-state index in [4.69, 9.17) is 4.74 Å². The molecule has 0 saturated heterocycles. The molecule has 23 heavy (non-hydrogen) atoms. The summed E-state index contributed by atoms with van der Waals surface area (Å²) in [5.74, 6) is 0.867. The summed E-state index contributed by atoms with van der Waals surface area (Å²) < 4.78 is 5.96. The van der Waals surface area contributed by atoms with Gasteiger partial charge in [-0.25, -0.2) is 4.98 Å². The molecular weight excluding hydrogens is 306 g/mol. The number of ketones is 1. The van der Waals surface area contributed by atoms with Crippen molar-refractivity contribution >= 4 is 17.1 Å². The Labute approximate surface area is 139 Å². The van der Waals surface area contributed by atoms with Crippen molar-refractivity contribution in [3.63, 3.8) is 0 Å². The molecule has 1 heterocycles. The summed E-state index contributed by atoms with van der Waals surface area (Å²) in [6, 6.07) is 18.1. The van der Waals surface area contributed by atoms with E-state index in [9.17, 15) is 4.79 Å². The molecule has 0 unspecified atom stereocenters. The zero-order valence-electron chi connectivity index (χ0n) is 13.1. The fraction of sp³-hybridized carbons (Fsp3) is 0.158. The second kappa shape index (κ2) is 6.75. The molecule has 0 amide bonds. The fourth-order valence-electron chi connectivity index (χ4n) is 2.43. The van der Waals surface area contributed by atoms with Crippen molar-refractivity contribution < 1.29 is 9.53 Å². The van der Waals surface area contributed by atoms with Gasteiger partial charge in [-0.05, 0) is 18.6 Å². The molecule has 1 aromatic heterocycles. The molecule has 0 bridgehead atoms. The molecule has 0 spiro atoms. The number of aryl methyl sites for hydroxylation is 1. The van der Waals surface area contributed by atoms with E-state index in [0.717, 1.165) is 27.6 Å². The molecule has 0 aliphatic rings. The number of nitrogens with zero attached hydrogens (tertiary/aromatic N) is 1. The van der Waals surface area contributed by atoms with Crippen molar-refractivity contribution in [3.8, 4) is 16.9 Å². The van der Waals surface area contributed by atoms with E-state index in [-0.39, 0.29) is 5.78 Å². The van der Waals surface area contributed by atoms with Gasteiger partial charge in [0.1, 0.15) is 17.4 Å². The standard InChI is InChI=1S/C19H17NO2S/c1-13-19(14(2)21)23-18(20-13)12-22-17-11-7-6-10-16(17)15-8-4-3-5-9-15/h3-11H,12H2,1-2H3. The largest absolute Gasteiger partial charge is 0.486 e.